The van der Waals surface area contributed by atoms with Crippen molar-refractivity contribution in [2.45, 2.75) is 32.2 Å². The minimum Gasteiger partial charge on any atom is -0.330 e. The van der Waals surface area contributed by atoms with Crippen LogP contribution in [0.25, 0.3) is 0 Å². The normalized spacial score (nSPS) is 18.5. The molecule has 1 unspecified atom stereocenters. The van der Waals surface area contributed by atoms with Crippen molar-refractivity contribution in [1.29, 1.82) is 0 Å². The highest BCUT2D eigenvalue weighted by molar-refractivity contribution is 6.31. The summed E-state index contributed by atoms with van der Waals surface area (Å²) in [5.41, 5.74) is 6.64. The van der Waals surface area contributed by atoms with E-state index in [1.165, 1.54) is 12.8 Å². The Hall–Kier alpha value is -0.540. The summed E-state index contributed by atoms with van der Waals surface area (Å²) < 4.78 is 1.92. The van der Waals surface area contributed by atoms with Crippen molar-refractivity contribution >= 4 is 11.6 Å². The number of nitrogens with zero attached hydrogens (tertiary/aromatic N) is 2. The summed E-state index contributed by atoms with van der Waals surface area (Å²) in [5.74, 6) is 1.08. The van der Waals surface area contributed by atoms with Crippen LogP contribution in [0.15, 0.2) is 6.20 Å². The molecule has 0 saturated heterocycles. The van der Waals surface area contributed by atoms with Crippen LogP contribution in [0.3, 0.4) is 0 Å². The van der Waals surface area contributed by atoms with E-state index in [0.717, 1.165) is 17.3 Å². The van der Waals surface area contributed by atoms with Crippen molar-refractivity contribution in [2.24, 2.45) is 11.7 Å². The van der Waals surface area contributed by atoms with Gasteiger partial charge in [-0.05, 0) is 25.3 Å². The van der Waals surface area contributed by atoms with Crippen LogP contribution in [0.4, 0.5) is 0 Å². The van der Waals surface area contributed by atoms with Crippen LogP contribution in [0.1, 0.15) is 31.4 Å². The largest absolute Gasteiger partial charge is 0.330 e. The topological polar surface area (TPSA) is 43.8 Å². The van der Waals surface area contributed by atoms with Gasteiger partial charge in [0.15, 0.2) is 0 Å². The van der Waals surface area contributed by atoms with Crippen LogP contribution >= 0.6 is 11.6 Å². The lowest BCUT2D eigenvalue weighted by Gasteiger charge is -2.07. The van der Waals surface area contributed by atoms with Crippen LogP contribution in [0.2, 0.25) is 5.02 Å². The Morgan fingerprint density at radius 1 is 1.71 bits per heavy atom. The highest BCUT2D eigenvalue weighted by atomic mass is 35.5. The van der Waals surface area contributed by atoms with Gasteiger partial charge >= 0.3 is 0 Å². The molecule has 2 N–H and O–H groups in total. The van der Waals surface area contributed by atoms with E-state index in [2.05, 4.69) is 12.0 Å². The molecule has 1 fully saturated rings. The zero-order chi connectivity index (χ0) is 10.1. The molecule has 0 radical (unpaired) electrons. The van der Waals surface area contributed by atoms with Gasteiger partial charge in [0, 0.05) is 18.7 Å². The summed E-state index contributed by atoms with van der Waals surface area (Å²) in [6.07, 6.45) is 4.40. The fraction of sp³-hybridized carbons (Fsp3) is 0.700. The van der Waals surface area contributed by atoms with Gasteiger partial charge < -0.3 is 5.73 Å². The van der Waals surface area contributed by atoms with E-state index in [4.69, 9.17) is 17.3 Å². The molecule has 1 aliphatic rings. The van der Waals surface area contributed by atoms with Crippen molar-refractivity contribution in [3.8, 4) is 0 Å². The van der Waals surface area contributed by atoms with Crippen LogP contribution in [0.5, 0.6) is 0 Å². The lowest BCUT2D eigenvalue weighted by Crippen LogP contribution is -2.17. The Morgan fingerprint density at radius 3 is 3.00 bits per heavy atom. The first-order valence-corrected chi connectivity index (χ1v) is 5.51. The SMILES string of the molecule is CC(CN)Cn1cc(Cl)c(C2CC2)n1. The molecule has 4 heteroatoms. The zero-order valence-electron chi connectivity index (χ0n) is 8.41. The van der Waals surface area contributed by atoms with Crippen LogP contribution in [0, 0.1) is 5.92 Å². The summed E-state index contributed by atoms with van der Waals surface area (Å²) in [6, 6.07) is 0. The maximum absolute atomic E-state index is 6.09. The molecule has 1 aromatic rings. The molecule has 1 aliphatic carbocycles. The van der Waals surface area contributed by atoms with E-state index in [-0.39, 0.29) is 0 Å². The molecular weight excluding hydrogens is 198 g/mol. The fourth-order valence-electron chi connectivity index (χ4n) is 1.53. The number of hydrogen-bond donors (Lipinski definition) is 1. The lowest BCUT2D eigenvalue weighted by atomic mass is 10.2. The maximum Gasteiger partial charge on any atom is 0.0841 e. The molecule has 0 spiro atoms. The molecule has 14 heavy (non-hydrogen) atoms. The van der Waals surface area contributed by atoms with Gasteiger partial charge in [0.1, 0.15) is 0 Å². The predicted molar refractivity (Wildman–Crippen MR) is 57.4 cm³/mol. The van der Waals surface area contributed by atoms with Gasteiger partial charge in [-0.2, -0.15) is 5.10 Å². The smallest absolute Gasteiger partial charge is 0.0841 e. The van der Waals surface area contributed by atoms with Crippen LogP contribution < -0.4 is 5.73 Å². The third kappa shape index (κ3) is 2.10. The lowest BCUT2D eigenvalue weighted by molar-refractivity contribution is 0.456. The third-order valence-corrected chi connectivity index (χ3v) is 2.90. The average Bonchev–Trinajstić information content (AvgIpc) is 2.92. The number of rotatable bonds is 4. The minimum atomic E-state index is 0.456. The summed E-state index contributed by atoms with van der Waals surface area (Å²) in [6.45, 7) is 3.67. The van der Waals surface area contributed by atoms with Gasteiger partial charge in [-0.25, -0.2) is 0 Å². The molecule has 2 rings (SSSR count). The summed E-state index contributed by atoms with van der Waals surface area (Å²) >= 11 is 6.09. The second-order valence-electron chi connectivity index (χ2n) is 4.20. The molecule has 1 aromatic heterocycles. The number of aromatic nitrogens is 2. The molecule has 3 nitrogen and oxygen atoms in total. The minimum absolute atomic E-state index is 0.456. The van der Waals surface area contributed by atoms with E-state index >= 15 is 0 Å². The van der Waals surface area contributed by atoms with Crippen molar-refractivity contribution in [2.75, 3.05) is 6.54 Å². The predicted octanol–water partition coefficient (Wildman–Crippen LogP) is 2.01. The highest BCUT2D eigenvalue weighted by Crippen LogP contribution is 2.42. The molecule has 0 aliphatic heterocycles. The molecule has 1 heterocycles. The highest BCUT2D eigenvalue weighted by Gasteiger charge is 2.28. The number of halogens is 1. The van der Waals surface area contributed by atoms with Crippen LogP contribution in [-0.4, -0.2) is 16.3 Å². The molecule has 0 aromatic carbocycles. The standard InChI is InChI=1S/C10H16ClN3/c1-7(4-12)5-14-6-9(11)10(13-14)8-2-3-8/h6-8H,2-5,12H2,1H3. The van der Waals surface area contributed by atoms with Gasteiger partial charge in [-0.15, -0.1) is 0 Å². The molecular formula is C10H16ClN3. The first-order chi connectivity index (χ1) is 6.70. The molecule has 0 amide bonds. The molecule has 78 valence electrons. The Balaban J connectivity index is 2.07. The molecule has 1 saturated carbocycles. The Kier molecular flexibility index (Phi) is 2.79. The van der Waals surface area contributed by atoms with Gasteiger partial charge in [0.25, 0.3) is 0 Å². The second-order valence-corrected chi connectivity index (χ2v) is 4.61. The van der Waals surface area contributed by atoms with E-state index in [1.54, 1.807) is 0 Å². The quantitative estimate of drug-likeness (QED) is 0.832. The summed E-state index contributed by atoms with van der Waals surface area (Å²) in [5, 5.41) is 5.31. The average molecular weight is 214 g/mol. The number of nitrogens with two attached hydrogens (primary N) is 1. The van der Waals surface area contributed by atoms with Gasteiger partial charge in [-0.3, -0.25) is 4.68 Å². The third-order valence-electron chi connectivity index (χ3n) is 2.61. The van der Waals surface area contributed by atoms with Crippen molar-refractivity contribution in [3.05, 3.63) is 16.9 Å². The van der Waals surface area contributed by atoms with Gasteiger partial charge in [0.2, 0.25) is 0 Å². The first-order valence-electron chi connectivity index (χ1n) is 5.13. The van der Waals surface area contributed by atoms with Crippen molar-refractivity contribution in [1.82, 2.24) is 9.78 Å². The first kappa shape index (κ1) is 9.99. The zero-order valence-corrected chi connectivity index (χ0v) is 9.17. The second kappa shape index (κ2) is 3.91. The Bertz CT molecular complexity index is 317. The maximum atomic E-state index is 6.09. The Labute approximate surface area is 89.2 Å². The molecule has 0 bridgehead atoms. The fourth-order valence-corrected chi connectivity index (χ4v) is 1.84. The van der Waals surface area contributed by atoms with Gasteiger partial charge in [-0.1, -0.05) is 18.5 Å². The van der Waals surface area contributed by atoms with E-state index in [0.29, 0.717) is 18.4 Å². The summed E-state index contributed by atoms with van der Waals surface area (Å²) in [7, 11) is 0. The van der Waals surface area contributed by atoms with E-state index in [1.807, 2.05) is 10.9 Å². The Morgan fingerprint density at radius 2 is 2.43 bits per heavy atom. The van der Waals surface area contributed by atoms with E-state index in [9.17, 15) is 0 Å². The van der Waals surface area contributed by atoms with E-state index < -0.39 is 0 Å². The van der Waals surface area contributed by atoms with Crippen molar-refractivity contribution < 1.29 is 0 Å². The summed E-state index contributed by atoms with van der Waals surface area (Å²) in [4.78, 5) is 0. The van der Waals surface area contributed by atoms with Gasteiger partial charge in [0.05, 0.1) is 10.7 Å². The number of hydrogen-bond acceptors (Lipinski definition) is 2. The monoisotopic (exact) mass is 213 g/mol. The molecule has 1 atom stereocenters. The van der Waals surface area contributed by atoms with Crippen molar-refractivity contribution in [3.63, 3.8) is 0 Å². The van der Waals surface area contributed by atoms with Crippen LogP contribution in [-0.2, 0) is 6.54 Å².